The molecule has 1 aliphatic rings. The van der Waals surface area contributed by atoms with Gasteiger partial charge in [-0.15, -0.1) is 0 Å². The molecule has 0 aliphatic heterocycles. The first kappa shape index (κ1) is 12.9. The van der Waals surface area contributed by atoms with Gasteiger partial charge in [0, 0.05) is 0 Å². The lowest BCUT2D eigenvalue weighted by Crippen LogP contribution is -2.41. The highest BCUT2D eigenvalue weighted by Crippen LogP contribution is 2.44. The van der Waals surface area contributed by atoms with Gasteiger partial charge in [0.25, 0.3) is 0 Å². The van der Waals surface area contributed by atoms with Crippen molar-refractivity contribution in [3.63, 3.8) is 0 Å². The molecule has 1 rings (SSSR count). The molecule has 0 bridgehead atoms. The van der Waals surface area contributed by atoms with Gasteiger partial charge in [0.1, 0.15) is 0 Å². The lowest BCUT2D eigenvalue weighted by molar-refractivity contribution is 0.0949. The molecule has 3 nitrogen and oxygen atoms in total. The second kappa shape index (κ2) is 5.83. The molecular weight excluding hydrogens is 186 g/mol. The van der Waals surface area contributed by atoms with Crippen molar-refractivity contribution in [2.45, 2.75) is 39.0 Å². The van der Waals surface area contributed by atoms with Crippen LogP contribution in [-0.4, -0.2) is 19.6 Å². The van der Waals surface area contributed by atoms with Crippen molar-refractivity contribution in [2.24, 2.45) is 34.5 Å². The van der Waals surface area contributed by atoms with Crippen molar-refractivity contribution in [3.8, 4) is 0 Å². The summed E-state index contributed by atoms with van der Waals surface area (Å²) in [4.78, 5) is 0. The summed E-state index contributed by atoms with van der Waals surface area (Å²) in [6.45, 7) is 4.72. The van der Waals surface area contributed by atoms with Crippen LogP contribution < -0.4 is 17.2 Å². The highest BCUT2D eigenvalue weighted by atomic mass is 14.6. The van der Waals surface area contributed by atoms with Crippen molar-refractivity contribution in [3.05, 3.63) is 0 Å². The molecule has 90 valence electrons. The Bertz CT molecular complexity index is 180. The molecule has 15 heavy (non-hydrogen) atoms. The van der Waals surface area contributed by atoms with Gasteiger partial charge in [-0.3, -0.25) is 0 Å². The van der Waals surface area contributed by atoms with Crippen molar-refractivity contribution in [1.29, 1.82) is 0 Å². The first-order valence-corrected chi connectivity index (χ1v) is 6.27. The summed E-state index contributed by atoms with van der Waals surface area (Å²) in [7, 11) is 0. The van der Waals surface area contributed by atoms with Crippen LogP contribution in [0.1, 0.15) is 39.0 Å². The van der Waals surface area contributed by atoms with Gasteiger partial charge in [-0.2, -0.15) is 0 Å². The van der Waals surface area contributed by atoms with Gasteiger partial charge < -0.3 is 17.2 Å². The second-order valence-electron chi connectivity index (χ2n) is 5.31. The van der Waals surface area contributed by atoms with Crippen LogP contribution in [0.15, 0.2) is 0 Å². The monoisotopic (exact) mass is 213 g/mol. The van der Waals surface area contributed by atoms with Crippen LogP contribution in [0, 0.1) is 17.3 Å². The summed E-state index contributed by atoms with van der Waals surface area (Å²) in [5.74, 6) is 1.44. The first-order chi connectivity index (χ1) is 7.17. The van der Waals surface area contributed by atoms with Crippen LogP contribution >= 0.6 is 0 Å². The molecule has 3 atom stereocenters. The third-order valence-corrected chi connectivity index (χ3v) is 4.28. The molecule has 3 heteroatoms. The van der Waals surface area contributed by atoms with Gasteiger partial charge in [-0.05, 0) is 69.0 Å². The Morgan fingerprint density at radius 3 is 2.53 bits per heavy atom. The average Bonchev–Trinajstić information content (AvgIpc) is 2.28. The van der Waals surface area contributed by atoms with Gasteiger partial charge in [-0.25, -0.2) is 0 Å². The summed E-state index contributed by atoms with van der Waals surface area (Å²) in [6, 6.07) is 0. The Morgan fingerprint density at radius 2 is 2.00 bits per heavy atom. The Balaban J connectivity index is 2.57. The van der Waals surface area contributed by atoms with E-state index < -0.39 is 0 Å². The van der Waals surface area contributed by atoms with Gasteiger partial charge in [0.2, 0.25) is 0 Å². The minimum absolute atomic E-state index is 0.343. The molecule has 0 heterocycles. The van der Waals surface area contributed by atoms with Crippen LogP contribution in [0.4, 0.5) is 0 Å². The fourth-order valence-corrected chi connectivity index (χ4v) is 2.94. The molecule has 0 radical (unpaired) electrons. The van der Waals surface area contributed by atoms with E-state index in [9.17, 15) is 0 Å². The fraction of sp³-hybridized carbons (Fsp3) is 1.00. The van der Waals surface area contributed by atoms with Crippen LogP contribution in [0.3, 0.4) is 0 Å². The molecule has 1 aliphatic carbocycles. The molecule has 0 spiro atoms. The maximum absolute atomic E-state index is 5.96. The second-order valence-corrected chi connectivity index (χ2v) is 5.31. The molecule has 0 aromatic rings. The summed E-state index contributed by atoms with van der Waals surface area (Å²) in [5, 5.41) is 0. The molecule has 0 amide bonds. The Hall–Kier alpha value is -0.120. The molecule has 3 unspecified atom stereocenters. The van der Waals surface area contributed by atoms with E-state index in [0.717, 1.165) is 32.0 Å². The van der Waals surface area contributed by atoms with Gasteiger partial charge in [-0.1, -0.05) is 6.92 Å². The minimum atomic E-state index is 0.343. The molecular formula is C12H27N3. The van der Waals surface area contributed by atoms with Gasteiger partial charge in [0.05, 0.1) is 0 Å². The van der Waals surface area contributed by atoms with Crippen molar-refractivity contribution in [1.82, 2.24) is 0 Å². The van der Waals surface area contributed by atoms with E-state index >= 15 is 0 Å². The predicted molar refractivity (Wildman–Crippen MR) is 65.3 cm³/mol. The normalized spacial score (nSPS) is 36.8. The topological polar surface area (TPSA) is 78.1 Å². The van der Waals surface area contributed by atoms with Crippen LogP contribution in [0.2, 0.25) is 0 Å². The number of rotatable bonds is 5. The highest BCUT2D eigenvalue weighted by Gasteiger charge is 2.37. The maximum atomic E-state index is 5.96. The highest BCUT2D eigenvalue weighted by molar-refractivity contribution is 4.90. The van der Waals surface area contributed by atoms with E-state index in [1.54, 1.807) is 0 Å². The number of nitrogens with two attached hydrogens (primary N) is 3. The third kappa shape index (κ3) is 3.16. The molecule has 1 saturated carbocycles. The quantitative estimate of drug-likeness (QED) is 0.639. The maximum Gasteiger partial charge on any atom is -0.00204 e. The predicted octanol–water partition coefficient (Wildman–Crippen LogP) is 1.07. The molecule has 6 N–H and O–H groups in total. The van der Waals surface area contributed by atoms with E-state index in [1.807, 2.05) is 0 Å². The van der Waals surface area contributed by atoms with E-state index in [0.29, 0.717) is 11.3 Å². The average molecular weight is 213 g/mol. The minimum Gasteiger partial charge on any atom is -0.330 e. The SMILES string of the molecule is CC1CCC(CN)(CCCN)CC1CN. The molecule has 0 saturated heterocycles. The fourth-order valence-electron chi connectivity index (χ4n) is 2.94. The smallest absolute Gasteiger partial charge is 0.00204 e. The lowest BCUT2D eigenvalue weighted by atomic mass is 9.64. The van der Waals surface area contributed by atoms with Gasteiger partial charge >= 0.3 is 0 Å². The van der Waals surface area contributed by atoms with E-state index in [-0.39, 0.29) is 0 Å². The van der Waals surface area contributed by atoms with Crippen molar-refractivity contribution in [2.75, 3.05) is 19.6 Å². The summed E-state index contributed by atoms with van der Waals surface area (Å²) >= 11 is 0. The number of hydrogen-bond donors (Lipinski definition) is 3. The van der Waals surface area contributed by atoms with Crippen molar-refractivity contribution >= 4 is 0 Å². The molecule has 1 fully saturated rings. The lowest BCUT2D eigenvalue weighted by Gasteiger charge is -2.43. The summed E-state index contributed by atoms with van der Waals surface area (Å²) < 4.78 is 0. The van der Waals surface area contributed by atoms with Gasteiger partial charge in [0.15, 0.2) is 0 Å². The third-order valence-electron chi connectivity index (χ3n) is 4.28. The summed E-state index contributed by atoms with van der Waals surface area (Å²) in [6.07, 6.45) is 6.04. The van der Waals surface area contributed by atoms with Crippen molar-refractivity contribution < 1.29 is 0 Å². The number of hydrogen-bond acceptors (Lipinski definition) is 3. The molecule has 0 aromatic heterocycles. The van der Waals surface area contributed by atoms with E-state index in [1.165, 1.54) is 25.7 Å². The Morgan fingerprint density at radius 1 is 1.27 bits per heavy atom. The van der Waals surface area contributed by atoms with Crippen LogP contribution in [0.25, 0.3) is 0 Å². The first-order valence-electron chi connectivity index (χ1n) is 6.27. The van der Waals surface area contributed by atoms with Crippen LogP contribution in [0.5, 0.6) is 0 Å². The largest absolute Gasteiger partial charge is 0.330 e. The Labute approximate surface area is 93.8 Å². The molecule has 0 aromatic carbocycles. The van der Waals surface area contributed by atoms with E-state index in [4.69, 9.17) is 17.2 Å². The zero-order chi connectivity index (χ0) is 11.3. The van der Waals surface area contributed by atoms with Crippen LogP contribution in [-0.2, 0) is 0 Å². The standard InChI is InChI=1S/C12H27N3/c1-10-3-5-12(9-15,4-2-6-13)7-11(10)8-14/h10-11H,2-9,13-15H2,1H3. The zero-order valence-electron chi connectivity index (χ0n) is 10.0. The van der Waals surface area contributed by atoms with E-state index in [2.05, 4.69) is 6.92 Å². The zero-order valence-corrected chi connectivity index (χ0v) is 10.0. The Kier molecular flexibility index (Phi) is 5.03. The summed E-state index contributed by atoms with van der Waals surface area (Å²) in [5.41, 5.74) is 17.7.